The van der Waals surface area contributed by atoms with Crippen molar-refractivity contribution in [1.82, 2.24) is 4.72 Å². The first kappa shape index (κ1) is 14.4. The number of hydrogen-bond donors (Lipinski definition) is 2. The van der Waals surface area contributed by atoms with E-state index in [1.165, 1.54) is 18.2 Å². The van der Waals surface area contributed by atoms with E-state index in [1.807, 2.05) is 0 Å². The molecule has 1 heterocycles. The largest absolute Gasteiger partial charge is 0.381 e. The standard InChI is InChI=1S/C12H17FN2O3S/c13-11-2-1-3-12(10(11)8-14)19(16,17)15-9-4-6-18-7-5-9/h1-3,9,15H,4-8,14H2. The molecule has 0 aromatic heterocycles. The molecule has 1 aromatic carbocycles. The number of ether oxygens (including phenoxy) is 1. The Balaban J connectivity index is 2.26. The van der Waals surface area contributed by atoms with Crippen molar-refractivity contribution < 1.29 is 17.5 Å². The first-order chi connectivity index (χ1) is 9.04. The van der Waals surface area contributed by atoms with Crippen molar-refractivity contribution in [2.24, 2.45) is 5.73 Å². The van der Waals surface area contributed by atoms with Gasteiger partial charge in [0.1, 0.15) is 5.82 Å². The van der Waals surface area contributed by atoms with E-state index in [0.29, 0.717) is 26.1 Å². The molecule has 0 bridgehead atoms. The van der Waals surface area contributed by atoms with Gasteiger partial charge in [-0.2, -0.15) is 0 Å². The molecule has 1 aliphatic heterocycles. The molecule has 0 spiro atoms. The molecule has 0 saturated carbocycles. The number of nitrogens with one attached hydrogen (secondary N) is 1. The molecule has 3 N–H and O–H groups in total. The summed E-state index contributed by atoms with van der Waals surface area (Å²) in [5.74, 6) is -0.600. The van der Waals surface area contributed by atoms with Gasteiger partial charge >= 0.3 is 0 Å². The summed E-state index contributed by atoms with van der Waals surface area (Å²) in [6.07, 6.45) is 1.24. The van der Waals surface area contributed by atoms with E-state index in [9.17, 15) is 12.8 Å². The zero-order valence-corrected chi connectivity index (χ0v) is 11.2. The van der Waals surface area contributed by atoms with Crippen LogP contribution in [0.1, 0.15) is 18.4 Å². The van der Waals surface area contributed by atoms with Crippen LogP contribution in [-0.2, 0) is 21.3 Å². The summed E-state index contributed by atoms with van der Waals surface area (Å²) in [5.41, 5.74) is 5.44. The van der Waals surface area contributed by atoms with Gasteiger partial charge in [-0.05, 0) is 25.0 Å². The minimum Gasteiger partial charge on any atom is -0.381 e. The zero-order chi connectivity index (χ0) is 13.9. The van der Waals surface area contributed by atoms with Crippen LogP contribution in [0.5, 0.6) is 0 Å². The summed E-state index contributed by atoms with van der Waals surface area (Å²) in [6.45, 7) is 0.900. The summed E-state index contributed by atoms with van der Waals surface area (Å²) >= 11 is 0. The molecule has 2 rings (SSSR count). The van der Waals surface area contributed by atoms with Crippen molar-refractivity contribution >= 4 is 10.0 Å². The molecule has 0 radical (unpaired) electrons. The van der Waals surface area contributed by atoms with Crippen LogP contribution in [-0.4, -0.2) is 27.7 Å². The minimum atomic E-state index is -3.75. The first-order valence-electron chi connectivity index (χ1n) is 6.12. The third-order valence-corrected chi connectivity index (χ3v) is 4.72. The first-order valence-corrected chi connectivity index (χ1v) is 7.60. The molecule has 1 saturated heterocycles. The topological polar surface area (TPSA) is 81.4 Å². The molecular weight excluding hydrogens is 271 g/mol. The molecule has 1 aromatic rings. The molecule has 106 valence electrons. The maximum absolute atomic E-state index is 13.6. The lowest BCUT2D eigenvalue weighted by molar-refractivity contribution is 0.0832. The highest BCUT2D eigenvalue weighted by Gasteiger charge is 2.25. The minimum absolute atomic E-state index is 0.0158. The van der Waals surface area contributed by atoms with Crippen LogP contribution in [0.25, 0.3) is 0 Å². The van der Waals surface area contributed by atoms with Crippen molar-refractivity contribution in [3.63, 3.8) is 0 Å². The molecule has 1 aliphatic rings. The molecule has 5 nitrogen and oxygen atoms in total. The van der Waals surface area contributed by atoms with E-state index in [1.54, 1.807) is 0 Å². The van der Waals surface area contributed by atoms with E-state index in [4.69, 9.17) is 10.5 Å². The van der Waals surface area contributed by atoms with Gasteiger partial charge in [-0.15, -0.1) is 0 Å². The molecular formula is C12H17FN2O3S. The number of halogens is 1. The smallest absolute Gasteiger partial charge is 0.241 e. The van der Waals surface area contributed by atoms with Gasteiger partial charge < -0.3 is 10.5 Å². The second-order valence-electron chi connectivity index (χ2n) is 4.43. The Morgan fingerprint density at radius 1 is 1.37 bits per heavy atom. The van der Waals surface area contributed by atoms with Gasteiger partial charge in [0.2, 0.25) is 10.0 Å². The Bertz CT molecular complexity index is 542. The van der Waals surface area contributed by atoms with E-state index < -0.39 is 15.8 Å². The fourth-order valence-electron chi connectivity index (χ4n) is 2.09. The summed E-state index contributed by atoms with van der Waals surface area (Å²) in [6, 6.07) is 3.77. The highest BCUT2D eigenvalue weighted by Crippen LogP contribution is 2.20. The van der Waals surface area contributed by atoms with Crippen molar-refractivity contribution in [2.45, 2.75) is 30.3 Å². The summed E-state index contributed by atoms with van der Waals surface area (Å²) in [7, 11) is -3.75. The fraction of sp³-hybridized carbons (Fsp3) is 0.500. The number of hydrogen-bond acceptors (Lipinski definition) is 4. The maximum Gasteiger partial charge on any atom is 0.241 e. The van der Waals surface area contributed by atoms with E-state index in [0.717, 1.165) is 0 Å². The van der Waals surface area contributed by atoms with Crippen LogP contribution < -0.4 is 10.5 Å². The third-order valence-electron chi connectivity index (χ3n) is 3.11. The third kappa shape index (κ3) is 3.30. The Hall–Kier alpha value is -1.02. The molecule has 1 fully saturated rings. The maximum atomic E-state index is 13.6. The van der Waals surface area contributed by atoms with E-state index in [2.05, 4.69) is 4.72 Å². The zero-order valence-electron chi connectivity index (χ0n) is 10.4. The van der Waals surface area contributed by atoms with E-state index >= 15 is 0 Å². The second kappa shape index (κ2) is 5.96. The number of nitrogens with two attached hydrogens (primary N) is 1. The van der Waals surface area contributed by atoms with E-state index in [-0.39, 0.29) is 23.0 Å². The van der Waals surface area contributed by atoms with Crippen molar-refractivity contribution in [2.75, 3.05) is 13.2 Å². The number of benzene rings is 1. The predicted octanol–water partition coefficient (Wildman–Crippen LogP) is 0.742. The van der Waals surface area contributed by atoms with Crippen LogP contribution in [0.2, 0.25) is 0 Å². The van der Waals surface area contributed by atoms with Crippen LogP contribution in [0.3, 0.4) is 0 Å². The molecule has 19 heavy (non-hydrogen) atoms. The van der Waals surface area contributed by atoms with Crippen LogP contribution in [0.4, 0.5) is 4.39 Å². The van der Waals surface area contributed by atoms with Crippen molar-refractivity contribution in [3.05, 3.63) is 29.6 Å². The van der Waals surface area contributed by atoms with Gasteiger partial charge in [0.25, 0.3) is 0 Å². The van der Waals surface area contributed by atoms with Crippen LogP contribution in [0, 0.1) is 5.82 Å². The summed E-state index contributed by atoms with van der Waals surface area (Å²) in [5, 5.41) is 0. The normalized spacial score (nSPS) is 17.6. The second-order valence-corrected chi connectivity index (χ2v) is 6.11. The molecule has 0 unspecified atom stereocenters. The lowest BCUT2D eigenvalue weighted by atomic mass is 10.1. The summed E-state index contributed by atoms with van der Waals surface area (Å²) < 4.78 is 45.8. The highest BCUT2D eigenvalue weighted by molar-refractivity contribution is 7.89. The Morgan fingerprint density at radius 3 is 2.68 bits per heavy atom. The predicted molar refractivity (Wildman–Crippen MR) is 68.5 cm³/mol. The molecule has 0 aliphatic carbocycles. The highest BCUT2D eigenvalue weighted by atomic mass is 32.2. The van der Waals surface area contributed by atoms with Crippen LogP contribution >= 0.6 is 0 Å². The Morgan fingerprint density at radius 2 is 2.05 bits per heavy atom. The average Bonchev–Trinajstić information content (AvgIpc) is 2.39. The summed E-state index contributed by atoms with van der Waals surface area (Å²) in [4.78, 5) is -0.0820. The fourth-order valence-corrected chi connectivity index (χ4v) is 3.65. The molecule has 7 heteroatoms. The van der Waals surface area contributed by atoms with Crippen molar-refractivity contribution in [1.29, 1.82) is 0 Å². The number of rotatable bonds is 4. The van der Waals surface area contributed by atoms with Gasteiger partial charge in [-0.25, -0.2) is 17.5 Å². The van der Waals surface area contributed by atoms with Gasteiger partial charge in [-0.1, -0.05) is 6.07 Å². The van der Waals surface area contributed by atoms with Gasteiger partial charge in [-0.3, -0.25) is 0 Å². The lowest BCUT2D eigenvalue weighted by Crippen LogP contribution is -2.39. The number of sulfonamides is 1. The average molecular weight is 288 g/mol. The van der Waals surface area contributed by atoms with Crippen molar-refractivity contribution in [3.8, 4) is 0 Å². The Kier molecular flexibility index (Phi) is 4.51. The van der Waals surface area contributed by atoms with Gasteiger partial charge in [0.05, 0.1) is 4.90 Å². The van der Waals surface area contributed by atoms with Gasteiger partial charge in [0.15, 0.2) is 0 Å². The SMILES string of the molecule is NCc1c(F)cccc1S(=O)(=O)NC1CCOCC1. The quantitative estimate of drug-likeness (QED) is 0.856. The molecule has 0 amide bonds. The monoisotopic (exact) mass is 288 g/mol. The van der Waals surface area contributed by atoms with Crippen LogP contribution in [0.15, 0.2) is 23.1 Å². The lowest BCUT2D eigenvalue weighted by Gasteiger charge is -2.23. The van der Waals surface area contributed by atoms with Gasteiger partial charge in [0, 0.05) is 31.4 Å². The molecule has 0 atom stereocenters. The Labute approximate surface area is 112 Å².